The first-order chi connectivity index (χ1) is 8.29. The van der Waals surface area contributed by atoms with Crippen LogP contribution in [0, 0.1) is 5.92 Å². The molecule has 2 aliphatic rings. The second kappa shape index (κ2) is 3.97. The monoisotopic (exact) mass is 259 g/mol. The molecular formula is C16H18ClN. The van der Waals surface area contributed by atoms with Crippen molar-refractivity contribution in [2.75, 3.05) is 20.1 Å². The number of piperidine rings is 1. The van der Waals surface area contributed by atoms with E-state index >= 15 is 0 Å². The van der Waals surface area contributed by atoms with Gasteiger partial charge in [0, 0.05) is 18.5 Å². The summed E-state index contributed by atoms with van der Waals surface area (Å²) in [6, 6.07) is 15.6. The topological polar surface area (TPSA) is 3.24 Å². The third kappa shape index (κ3) is 1.51. The fraction of sp³-hybridized carbons (Fsp3) is 0.375. The van der Waals surface area contributed by atoms with Crippen LogP contribution in [0.5, 0.6) is 0 Å². The number of nitrogens with zero attached hydrogens (tertiary/aromatic N) is 1. The van der Waals surface area contributed by atoms with Crippen LogP contribution in [0.1, 0.15) is 12.0 Å². The van der Waals surface area contributed by atoms with E-state index in [0.29, 0.717) is 5.41 Å². The second-order valence-electron chi connectivity index (χ2n) is 5.78. The minimum absolute atomic E-state index is 0. The van der Waals surface area contributed by atoms with Crippen molar-refractivity contribution in [3.63, 3.8) is 0 Å². The molecule has 0 spiro atoms. The van der Waals surface area contributed by atoms with Crippen molar-refractivity contribution in [1.82, 2.24) is 4.90 Å². The van der Waals surface area contributed by atoms with Gasteiger partial charge in [0.15, 0.2) is 0 Å². The molecular weight excluding hydrogens is 242 g/mol. The molecule has 1 saturated heterocycles. The van der Waals surface area contributed by atoms with Crippen molar-refractivity contribution in [2.24, 2.45) is 5.92 Å². The van der Waals surface area contributed by atoms with Gasteiger partial charge in [-0.25, -0.2) is 0 Å². The summed E-state index contributed by atoms with van der Waals surface area (Å²) in [7, 11) is 2.25. The number of hydrogen-bond acceptors (Lipinski definition) is 1. The van der Waals surface area contributed by atoms with Crippen LogP contribution in [0.3, 0.4) is 0 Å². The summed E-state index contributed by atoms with van der Waals surface area (Å²) in [5.74, 6) is 0.901. The van der Waals surface area contributed by atoms with Crippen LogP contribution >= 0.6 is 12.4 Å². The number of likely N-dealkylation sites (tertiary alicyclic amines) is 1. The van der Waals surface area contributed by atoms with Gasteiger partial charge in [0.1, 0.15) is 0 Å². The number of benzene rings is 2. The van der Waals surface area contributed by atoms with Crippen LogP contribution in [0.4, 0.5) is 0 Å². The fourth-order valence-corrected chi connectivity index (χ4v) is 3.81. The Hall–Kier alpha value is -1.05. The standard InChI is InChI=1S/C16H17N.ClH/c1-17-10-13-9-16(13,11-17)15-8-4-6-12-5-2-3-7-14(12)15;/h2-8,13H,9-11H2,1H3;1H. The molecule has 0 aromatic heterocycles. The van der Waals surface area contributed by atoms with E-state index in [2.05, 4.69) is 54.4 Å². The summed E-state index contributed by atoms with van der Waals surface area (Å²) >= 11 is 0. The average Bonchev–Trinajstić information content (AvgIpc) is 2.92. The third-order valence-electron chi connectivity index (χ3n) is 4.64. The molecule has 4 rings (SSSR count). The highest BCUT2D eigenvalue weighted by atomic mass is 35.5. The van der Waals surface area contributed by atoms with Gasteiger partial charge in [-0.1, -0.05) is 42.5 Å². The van der Waals surface area contributed by atoms with E-state index in [-0.39, 0.29) is 12.4 Å². The van der Waals surface area contributed by atoms with E-state index in [4.69, 9.17) is 0 Å². The Morgan fingerprint density at radius 1 is 1.11 bits per heavy atom. The van der Waals surface area contributed by atoms with Gasteiger partial charge in [0.2, 0.25) is 0 Å². The highest BCUT2D eigenvalue weighted by Gasteiger charge is 2.60. The lowest BCUT2D eigenvalue weighted by molar-refractivity contribution is 0.364. The molecule has 0 N–H and O–H groups in total. The molecule has 0 amide bonds. The van der Waals surface area contributed by atoms with Gasteiger partial charge >= 0.3 is 0 Å². The van der Waals surface area contributed by atoms with Crippen LogP contribution < -0.4 is 0 Å². The summed E-state index contributed by atoms with van der Waals surface area (Å²) in [5, 5.41) is 2.85. The van der Waals surface area contributed by atoms with Crippen LogP contribution in [-0.4, -0.2) is 25.0 Å². The molecule has 1 aliphatic heterocycles. The zero-order chi connectivity index (χ0) is 11.5. The normalized spacial score (nSPS) is 29.9. The molecule has 1 saturated carbocycles. The van der Waals surface area contributed by atoms with Gasteiger partial charge < -0.3 is 4.90 Å². The predicted octanol–water partition coefficient (Wildman–Crippen LogP) is 3.46. The molecule has 2 fully saturated rings. The largest absolute Gasteiger partial charge is 0.305 e. The lowest BCUT2D eigenvalue weighted by Gasteiger charge is -2.18. The van der Waals surface area contributed by atoms with Crippen LogP contribution in [0.2, 0.25) is 0 Å². The van der Waals surface area contributed by atoms with E-state index in [1.165, 1.54) is 30.3 Å². The molecule has 1 heterocycles. The number of rotatable bonds is 1. The van der Waals surface area contributed by atoms with E-state index in [0.717, 1.165) is 5.92 Å². The lowest BCUT2D eigenvalue weighted by atomic mass is 9.90. The van der Waals surface area contributed by atoms with Gasteiger partial charge in [-0.05, 0) is 35.7 Å². The molecule has 18 heavy (non-hydrogen) atoms. The molecule has 0 bridgehead atoms. The van der Waals surface area contributed by atoms with Crippen LogP contribution in [-0.2, 0) is 5.41 Å². The quantitative estimate of drug-likeness (QED) is 0.758. The zero-order valence-electron chi connectivity index (χ0n) is 10.6. The average molecular weight is 260 g/mol. The molecule has 2 atom stereocenters. The Balaban J connectivity index is 0.000001000. The molecule has 2 heteroatoms. The Morgan fingerprint density at radius 3 is 2.67 bits per heavy atom. The first-order valence-electron chi connectivity index (χ1n) is 6.46. The highest BCUT2D eigenvalue weighted by Crippen LogP contribution is 2.59. The maximum Gasteiger partial charge on any atom is 0.0130 e. The van der Waals surface area contributed by atoms with Crippen LogP contribution in [0.25, 0.3) is 10.8 Å². The first-order valence-corrected chi connectivity index (χ1v) is 6.46. The summed E-state index contributed by atoms with van der Waals surface area (Å²) in [4.78, 5) is 2.48. The lowest BCUT2D eigenvalue weighted by Crippen LogP contribution is -2.22. The van der Waals surface area contributed by atoms with E-state index in [1.54, 1.807) is 5.56 Å². The molecule has 94 valence electrons. The Morgan fingerprint density at radius 2 is 1.89 bits per heavy atom. The molecule has 0 radical (unpaired) electrons. The van der Waals surface area contributed by atoms with Gasteiger partial charge in [-0.3, -0.25) is 0 Å². The second-order valence-corrected chi connectivity index (χ2v) is 5.78. The van der Waals surface area contributed by atoms with Gasteiger partial charge in [-0.15, -0.1) is 12.4 Å². The van der Waals surface area contributed by atoms with Crippen LogP contribution in [0.15, 0.2) is 42.5 Å². The number of halogens is 1. The van der Waals surface area contributed by atoms with Crippen molar-refractivity contribution in [3.05, 3.63) is 48.0 Å². The smallest absolute Gasteiger partial charge is 0.0130 e. The van der Waals surface area contributed by atoms with Gasteiger partial charge in [-0.2, -0.15) is 0 Å². The minimum Gasteiger partial charge on any atom is -0.305 e. The molecule has 1 nitrogen and oxygen atoms in total. The van der Waals surface area contributed by atoms with Crippen molar-refractivity contribution < 1.29 is 0 Å². The van der Waals surface area contributed by atoms with Gasteiger partial charge in [0.05, 0.1) is 0 Å². The van der Waals surface area contributed by atoms with E-state index in [1.807, 2.05) is 0 Å². The number of likely N-dealkylation sites (N-methyl/N-ethyl adjacent to an activating group) is 1. The Labute approximate surface area is 114 Å². The van der Waals surface area contributed by atoms with Crippen molar-refractivity contribution in [2.45, 2.75) is 11.8 Å². The third-order valence-corrected chi connectivity index (χ3v) is 4.64. The van der Waals surface area contributed by atoms with Crippen molar-refractivity contribution in [1.29, 1.82) is 0 Å². The highest BCUT2D eigenvalue weighted by molar-refractivity contribution is 5.87. The maximum absolute atomic E-state index is 2.48. The molecule has 2 unspecified atom stereocenters. The maximum atomic E-state index is 2.48. The van der Waals surface area contributed by atoms with Crippen molar-refractivity contribution in [3.8, 4) is 0 Å². The SMILES string of the molecule is CN1CC2CC2(c2cccc3ccccc23)C1.Cl. The van der Waals surface area contributed by atoms with Gasteiger partial charge in [0.25, 0.3) is 0 Å². The summed E-state index contributed by atoms with van der Waals surface area (Å²) in [6.07, 6.45) is 1.39. The summed E-state index contributed by atoms with van der Waals surface area (Å²) in [5.41, 5.74) is 2.07. The number of hydrogen-bond donors (Lipinski definition) is 0. The minimum atomic E-state index is 0. The Bertz CT molecular complexity index is 589. The fourth-order valence-electron chi connectivity index (χ4n) is 3.81. The summed E-state index contributed by atoms with van der Waals surface area (Å²) in [6.45, 7) is 2.52. The Kier molecular flexibility index (Phi) is 2.65. The molecule has 1 aliphatic carbocycles. The predicted molar refractivity (Wildman–Crippen MR) is 78.5 cm³/mol. The summed E-state index contributed by atoms with van der Waals surface area (Å²) < 4.78 is 0. The van der Waals surface area contributed by atoms with Crippen molar-refractivity contribution >= 4 is 23.2 Å². The number of fused-ring (bicyclic) bond motifs is 2. The molecule has 2 aromatic carbocycles. The van der Waals surface area contributed by atoms with E-state index < -0.39 is 0 Å². The first kappa shape index (κ1) is 12.0. The molecule has 2 aromatic rings. The zero-order valence-corrected chi connectivity index (χ0v) is 11.4. The van der Waals surface area contributed by atoms with E-state index in [9.17, 15) is 0 Å².